The zero-order chi connectivity index (χ0) is 5.28. The Labute approximate surface area is 42.2 Å². The van der Waals surface area contributed by atoms with Gasteiger partial charge in [0.1, 0.15) is 0 Å². The number of hydrogen-bond donors (Lipinski definition) is 1. The first-order chi connectivity index (χ1) is 3.29. The van der Waals surface area contributed by atoms with E-state index >= 15 is 0 Å². The van der Waals surface area contributed by atoms with Crippen molar-refractivity contribution in [2.45, 2.75) is 6.42 Å². The smallest absolute Gasteiger partial charge is 0.157 e. The Kier molecular flexibility index (Phi) is 0.855. The summed E-state index contributed by atoms with van der Waals surface area (Å²) in [5.74, 6) is 0.241. The zero-order valence-corrected chi connectivity index (χ0v) is 4.03. The van der Waals surface area contributed by atoms with Gasteiger partial charge in [-0.1, -0.05) is 6.58 Å². The molecule has 1 aliphatic rings. The summed E-state index contributed by atoms with van der Waals surface area (Å²) in [5.41, 5.74) is 0.852. The maximum atomic E-state index is 10.3. The summed E-state index contributed by atoms with van der Waals surface area (Å²) in [6.07, 6.45) is 0.528. The molecule has 0 spiro atoms. The van der Waals surface area contributed by atoms with E-state index < -0.39 is 0 Å². The molecule has 1 aliphatic heterocycles. The van der Waals surface area contributed by atoms with E-state index in [0.717, 1.165) is 5.70 Å². The fourth-order valence-corrected chi connectivity index (χ4v) is 0.587. The van der Waals surface area contributed by atoms with Crippen molar-refractivity contribution >= 4 is 5.78 Å². The van der Waals surface area contributed by atoms with Gasteiger partial charge < -0.3 is 5.32 Å². The molecule has 0 amide bonds. The molecule has 0 saturated carbocycles. The van der Waals surface area contributed by atoms with Crippen molar-refractivity contribution in [1.82, 2.24) is 5.32 Å². The molecular weight excluding hydrogens is 90.1 g/mol. The van der Waals surface area contributed by atoms with Crippen LogP contribution in [-0.4, -0.2) is 12.3 Å². The van der Waals surface area contributed by atoms with E-state index in [4.69, 9.17) is 0 Å². The molecule has 1 fully saturated rings. The first-order valence-corrected chi connectivity index (χ1v) is 2.22. The molecule has 0 radical (unpaired) electrons. The van der Waals surface area contributed by atoms with Gasteiger partial charge in [-0.25, -0.2) is 0 Å². The van der Waals surface area contributed by atoms with Crippen LogP contribution in [0.1, 0.15) is 6.42 Å². The van der Waals surface area contributed by atoms with Crippen LogP contribution in [0.5, 0.6) is 0 Å². The summed E-state index contributed by atoms with van der Waals surface area (Å²) < 4.78 is 0. The lowest BCUT2D eigenvalue weighted by Crippen LogP contribution is -2.06. The highest BCUT2D eigenvalue weighted by molar-refractivity contribution is 5.85. The van der Waals surface area contributed by atoms with Crippen LogP contribution >= 0.6 is 0 Å². The first kappa shape index (κ1) is 4.37. The predicted octanol–water partition coefficient (Wildman–Crippen LogP) is 0.0625. The molecule has 1 N–H and O–H groups in total. The molecule has 0 unspecified atom stereocenters. The molecule has 0 aromatic carbocycles. The monoisotopic (exact) mass is 97.1 g/mol. The van der Waals surface area contributed by atoms with E-state index in [0.29, 0.717) is 13.0 Å². The molecule has 0 aliphatic carbocycles. The minimum atomic E-state index is 0.241. The molecule has 2 nitrogen and oxygen atoms in total. The largest absolute Gasteiger partial charge is 0.381 e. The van der Waals surface area contributed by atoms with Gasteiger partial charge in [0.05, 0.1) is 6.54 Å². The second kappa shape index (κ2) is 1.37. The quantitative estimate of drug-likeness (QED) is 0.463. The van der Waals surface area contributed by atoms with E-state index in [1.54, 1.807) is 0 Å². The number of hydrogen-bond acceptors (Lipinski definition) is 2. The van der Waals surface area contributed by atoms with Gasteiger partial charge in [0, 0.05) is 12.1 Å². The lowest BCUT2D eigenvalue weighted by Gasteiger charge is -1.85. The van der Waals surface area contributed by atoms with Gasteiger partial charge >= 0.3 is 0 Å². The molecule has 7 heavy (non-hydrogen) atoms. The van der Waals surface area contributed by atoms with Crippen molar-refractivity contribution in [1.29, 1.82) is 0 Å². The number of allylic oxidation sites excluding steroid dienone is 1. The van der Waals surface area contributed by atoms with Gasteiger partial charge in [0.25, 0.3) is 0 Å². The number of ketones is 1. The zero-order valence-electron chi connectivity index (χ0n) is 4.03. The van der Waals surface area contributed by atoms with Gasteiger partial charge in [-0.2, -0.15) is 0 Å². The average Bonchev–Trinajstić information content (AvgIpc) is 1.87. The molecule has 0 aromatic rings. The van der Waals surface area contributed by atoms with Gasteiger partial charge in [-0.05, 0) is 0 Å². The summed E-state index contributed by atoms with van der Waals surface area (Å²) in [6, 6.07) is 0. The molecule has 1 saturated heterocycles. The fraction of sp³-hybridized carbons (Fsp3) is 0.400. The van der Waals surface area contributed by atoms with Crippen molar-refractivity contribution < 1.29 is 4.79 Å². The van der Waals surface area contributed by atoms with Crippen LogP contribution < -0.4 is 5.32 Å². The Hall–Kier alpha value is -0.790. The third kappa shape index (κ3) is 0.796. The number of carbonyl (C=O) groups excluding carboxylic acids is 1. The number of Topliss-reactive ketones (excluding diaryl/α,β-unsaturated/α-hetero) is 1. The van der Waals surface area contributed by atoms with Gasteiger partial charge in [0.15, 0.2) is 5.78 Å². The standard InChI is InChI=1S/C5H7NO/c1-4-2-5(7)3-6-4/h6H,1-3H2. The van der Waals surface area contributed by atoms with Crippen molar-refractivity contribution in [2.75, 3.05) is 6.54 Å². The molecule has 2 heteroatoms. The highest BCUT2D eigenvalue weighted by atomic mass is 16.1. The molecule has 1 rings (SSSR count). The Morgan fingerprint density at radius 2 is 2.43 bits per heavy atom. The maximum Gasteiger partial charge on any atom is 0.157 e. The maximum absolute atomic E-state index is 10.3. The number of nitrogens with one attached hydrogen (secondary N) is 1. The van der Waals surface area contributed by atoms with Crippen molar-refractivity contribution in [2.24, 2.45) is 0 Å². The molecule has 0 atom stereocenters. The highest BCUT2D eigenvalue weighted by Crippen LogP contribution is 2.00. The van der Waals surface area contributed by atoms with Crippen LogP contribution in [0, 0.1) is 0 Å². The van der Waals surface area contributed by atoms with Crippen molar-refractivity contribution in [3.8, 4) is 0 Å². The Morgan fingerprint density at radius 3 is 2.57 bits per heavy atom. The Bertz CT molecular complexity index is 103. The normalized spacial score (nSPS) is 20.0. The SMILES string of the molecule is C=C1CC(=O)CN1. The summed E-state index contributed by atoms with van der Waals surface area (Å²) >= 11 is 0. The molecule has 38 valence electrons. The topological polar surface area (TPSA) is 29.1 Å². The fourth-order valence-electron chi connectivity index (χ4n) is 0.587. The number of carbonyl (C=O) groups is 1. The number of rotatable bonds is 0. The van der Waals surface area contributed by atoms with E-state index in [9.17, 15) is 4.79 Å². The van der Waals surface area contributed by atoms with Crippen LogP contribution in [-0.2, 0) is 4.79 Å². The molecular formula is C5H7NO. The molecule has 1 heterocycles. The van der Waals surface area contributed by atoms with Crippen molar-refractivity contribution in [3.05, 3.63) is 12.3 Å². The van der Waals surface area contributed by atoms with Crippen LogP contribution in [0.15, 0.2) is 12.3 Å². The lowest BCUT2D eigenvalue weighted by atomic mass is 10.3. The highest BCUT2D eigenvalue weighted by Gasteiger charge is 2.10. The minimum absolute atomic E-state index is 0.241. The van der Waals surface area contributed by atoms with Gasteiger partial charge in [-0.15, -0.1) is 0 Å². The second-order valence-electron chi connectivity index (χ2n) is 1.67. The van der Waals surface area contributed by atoms with Gasteiger partial charge in [-0.3, -0.25) is 4.79 Å². The summed E-state index contributed by atoms with van der Waals surface area (Å²) in [6.45, 7) is 4.06. The molecule has 0 bridgehead atoms. The minimum Gasteiger partial charge on any atom is -0.381 e. The van der Waals surface area contributed by atoms with Crippen LogP contribution in [0.2, 0.25) is 0 Å². The van der Waals surface area contributed by atoms with Crippen LogP contribution in [0.3, 0.4) is 0 Å². The summed E-state index contributed by atoms with van der Waals surface area (Å²) in [4.78, 5) is 10.3. The average molecular weight is 97.1 g/mol. The van der Waals surface area contributed by atoms with E-state index in [-0.39, 0.29) is 5.78 Å². The Morgan fingerprint density at radius 1 is 1.71 bits per heavy atom. The summed E-state index contributed by atoms with van der Waals surface area (Å²) in [5, 5.41) is 2.83. The van der Waals surface area contributed by atoms with Crippen molar-refractivity contribution in [3.63, 3.8) is 0 Å². The first-order valence-electron chi connectivity index (χ1n) is 2.22. The Balaban J connectivity index is 2.55. The third-order valence-electron chi connectivity index (χ3n) is 0.946. The van der Waals surface area contributed by atoms with Crippen LogP contribution in [0.4, 0.5) is 0 Å². The van der Waals surface area contributed by atoms with E-state index in [1.165, 1.54) is 0 Å². The third-order valence-corrected chi connectivity index (χ3v) is 0.946. The predicted molar refractivity (Wildman–Crippen MR) is 26.8 cm³/mol. The summed E-state index contributed by atoms with van der Waals surface area (Å²) in [7, 11) is 0. The molecule has 0 aromatic heterocycles. The van der Waals surface area contributed by atoms with Gasteiger partial charge in [0.2, 0.25) is 0 Å². The van der Waals surface area contributed by atoms with E-state index in [1.807, 2.05) is 0 Å². The second-order valence-corrected chi connectivity index (χ2v) is 1.67. The van der Waals surface area contributed by atoms with Crippen LogP contribution in [0.25, 0.3) is 0 Å². The van der Waals surface area contributed by atoms with E-state index in [2.05, 4.69) is 11.9 Å². The lowest BCUT2D eigenvalue weighted by molar-refractivity contribution is -0.116.